The van der Waals surface area contributed by atoms with Gasteiger partial charge in [-0.2, -0.15) is 0 Å². The third kappa shape index (κ3) is 4.85. The van der Waals surface area contributed by atoms with E-state index in [1.807, 2.05) is 0 Å². The zero-order chi connectivity index (χ0) is 15.3. The van der Waals surface area contributed by atoms with Crippen LogP contribution in [0.25, 0.3) is 0 Å². The third-order valence-electron chi connectivity index (χ3n) is 4.98. The molecule has 1 nitrogen and oxygen atoms in total. The maximum atomic E-state index is 3.74. The molecule has 0 heterocycles. The van der Waals surface area contributed by atoms with E-state index in [-0.39, 0.29) is 0 Å². The first-order chi connectivity index (χ1) is 10.0. The zero-order valence-corrected chi connectivity index (χ0v) is 14.4. The fourth-order valence-electron chi connectivity index (χ4n) is 3.94. The predicted octanol–water partition coefficient (Wildman–Crippen LogP) is 5.51. The molecule has 0 amide bonds. The molecule has 1 heteroatoms. The molecule has 0 aromatic heterocycles. The molecule has 21 heavy (non-hydrogen) atoms. The minimum Gasteiger partial charge on any atom is -0.312 e. The van der Waals surface area contributed by atoms with Crippen molar-refractivity contribution in [1.82, 2.24) is 5.32 Å². The molecule has 0 unspecified atom stereocenters. The highest BCUT2D eigenvalue weighted by Crippen LogP contribution is 2.42. The topological polar surface area (TPSA) is 12.0 Å². The maximum absolute atomic E-state index is 3.74. The highest BCUT2D eigenvalue weighted by atomic mass is 14.9. The van der Waals surface area contributed by atoms with Gasteiger partial charge >= 0.3 is 0 Å². The summed E-state index contributed by atoms with van der Waals surface area (Å²) in [4.78, 5) is 0. The summed E-state index contributed by atoms with van der Waals surface area (Å²) in [6, 6.07) is 9.13. The summed E-state index contributed by atoms with van der Waals surface area (Å²) < 4.78 is 0. The lowest BCUT2D eigenvalue weighted by molar-refractivity contribution is 0.223. The van der Waals surface area contributed by atoms with Gasteiger partial charge in [-0.1, -0.05) is 64.8 Å². The predicted molar refractivity (Wildman–Crippen MR) is 92.6 cm³/mol. The molecule has 1 aromatic carbocycles. The summed E-state index contributed by atoms with van der Waals surface area (Å²) in [5.74, 6) is 1.44. The minimum absolute atomic E-state index is 0.575. The van der Waals surface area contributed by atoms with E-state index < -0.39 is 0 Å². The molecule has 1 aliphatic rings. The number of nitrogens with one attached hydrogen (secondary N) is 1. The van der Waals surface area contributed by atoms with Crippen molar-refractivity contribution >= 4 is 0 Å². The molecule has 1 aliphatic carbocycles. The average Bonchev–Trinajstić information content (AvgIpc) is 2.87. The smallest absolute Gasteiger partial charge is 0.0205 e. The second-order valence-electron chi connectivity index (χ2n) is 7.80. The van der Waals surface area contributed by atoms with Crippen LogP contribution in [-0.4, -0.2) is 6.54 Å². The molecular formula is C20H33N. The summed E-state index contributed by atoms with van der Waals surface area (Å²) in [6.07, 6.45) is 7.08. The van der Waals surface area contributed by atoms with Crippen LogP contribution >= 0.6 is 0 Å². The first kappa shape index (κ1) is 16.5. The summed E-state index contributed by atoms with van der Waals surface area (Å²) in [7, 11) is 0. The van der Waals surface area contributed by atoms with E-state index in [1.54, 1.807) is 0 Å². The quantitative estimate of drug-likeness (QED) is 0.697. The Labute approximate surface area is 131 Å². The fraction of sp³-hybridized carbons (Fsp3) is 0.700. The molecule has 118 valence electrons. The molecule has 1 N–H and O–H groups in total. The largest absolute Gasteiger partial charge is 0.312 e. The van der Waals surface area contributed by atoms with E-state index >= 15 is 0 Å². The Morgan fingerprint density at radius 2 is 1.62 bits per heavy atom. The Morgan fingerprint density at radius 1 is 1.00 bits per heavy atom. The second kappa shape index (κ2) is 7.45. The molecule has 0 spiro atoms. The van der Waals surface area contributed by atoms with Crippen LogP contribution in [0, 0.1) is 11.3 Å². The minimum atomic E-state index is 0.575. The van der Waals surface area contributed by atoms with Crippen molar-refractivity contribution in [2.45, 2.75) is 72.3 Å². The first-order valence-electron chi connectivity index (χ1n) is 8.80. The number of benzene rings is 1. The van der Waals surface area contributed by atoms with E-state index in [2.05, 4.69) is 57.3 Å². The van der Waals surface area contributed by atoms with Gasteiger partial charge in [-0.3, -0.25) is 0 Å². The zero-order valence-electron chi connectivity index (χ0n) is 14.4. The Balaban J connectivity index is 1.84. The van der Waals surface area contributed by atoms with E-state index in [4.69, 9.17) is 0 Å². The molecule has 0 aliphatic heterocycles. The van der Waals surface area contributed by atoms with E-state index in [0.29, 0.717) is 11.3 Å². The van der Waals surface area contributed by atoms with E-state index in [0.717, 1.165) is 12.5 Å². The Kier molecular flexibility index (Phi) is 5.87. The average molecular weight is 287 g/mol. The van der Waals surface area contributed by atoms with Gasteiger partial charge in [-0.05, 0) is 47.6 Å². The van der Waals surface area contributed by atoms with Crippen LogP contribution in [0.5, 0.6) is 0 Å². The maximum Gasteiger partial charge on any atom is 0.0205 e. The number of hydrogen-bond donors (Lipinski definition) is 1. The summed E-state index contributed by atoms with van der Waals surface area (Å²) in [6.45, 7) is 11.4. The Bertz CT molecular complexity index is 410. The molecule has 0 saturated heterocycles. The van der Waals surface area contributed by atoms with Gasteiger partial charge in [-0.15, -0.1) is 0 Å². The van der Waals surface area contributed by atoms with E-state index in [9.17, 15) is 0 Å². The summed E-state index contributed by atoms with van der Waals surface area (Å²) >= 11 is 0. The lowest BCUT2D eigenvalue weighted by atomic mass is 9.78. The van der Waals surface area contributed by atoms with Gasteiger partial charge in [-0.25, -0.2) is 0 Å². The monoisotopic (exact) mass is 287 g/mol. The standard InChI is InChI=1S/C20H33N/c1-16(2)13-20(11-5-6-12-20)15-21-14-18-7-9-19(10-8-18)17(3)4/h7-10,16-17,21H,5-6,11-15H2,1-4H3. The number of hydrogen-bond acceptors (Lipinski definition) is 1. The van der Waals surface area contributed by atoms with Crippen LogP contribution in [0.3, 0.4) is 0 Å². The lowest BCUT2D eigenvalue weighted by Gasteiger charge is -2.31. The third-order valence-corrected chi connectivity index (χ3v) is 4.98. The second-order valence-corrected chi connectivity index (χ2v) is 7.80. The van der Waals surface area contributed by atoms with Crippen LogP contribution < -0.4 is 5.32 Å². The molecule has 0 atom stereocenters. The van der Waals surface area contributed by atoms with Crippen molar-refractivity contribution in [1.29, 1.82) is 0 Å². The van der Waals surface area contributed by atoms with Crippen molar-refractivity contribution in [3.05, 3.63) is 35.4 Å². The molecular weight excluding hydrogens is 254 g/mol. The molecule has 0 bridgehead atoms. The normalized spacial score (nSPS) is 17.8. The van der Waals surface area contributed by atoms with Gasteiger partial charge < -0.3 is 5.32 Å². The summed E-state index contributed by atoms with van der Waals surface area (Å²) in [5, 5.41) is 3.74. The van der Waals surface area contributed by atoms with Gasteiger partial charge in [0, 0.05) is 13.1 Å². The Morgan fingerprint density at radius 3 is 2.14 bits per heavy atom. The highest BCUT2D eigenvalue weighted by molar-refractivity contribution is 5.24. The van der Waals surface area contributed by atoms with Gasteiger partial charge in [0.1, 0.15) is 0 Å². The highest BCUT2D eigenvalue weighted by Gasteiger charge is 2.33. The number of rotatable bonds is 7. The Hall–Kier alpha value is -0.820. The van der Waals surface area contributed by atoms with Crippen LogP contribution in [0.15, 0.2) is 24.3 Å². The van der Waals surface area contributed by atoms with Crippen molar-refractivity contribution < 1.29 is 0 Å². The lowest BCUT2D eigenvalue weighted by Crippen LogP contribution is -2.33. The van der Waals surface area contributed by atoms with Crippen molar-refractivity contribution in [3.63, 3.8) is 0 Å². The van der Waals surface area contributed by atoms with Crippen molar-refractivity contribution in [2.75, 3.05) is 6.54 Å². The van der Waals surface area contributed by atoms with Crippen LogP contribution in [0.2, 0.25) is 0 Å². The molecule has 1 aromatic rings. The van der Waals surface area contributed by atoms with Crippen molar-refractivity contribution in [2.24, 2.45) is 11.3 Å². The fourth-order valence-corrected chi connectivity index (χ4v) is 3.94. The first-order valence-corrected chi connectivity index (χ1v) is 8.80. The van der Waals surface area contributed by atoms with Crippen LogP contribution in [-0.2, 0) is 6.54 Å². The van der Waals surface area contributed by atoms with Crippen LogP contribution in [0.1, 0.15) is 76.8 Å². The van der Waals surface area contributed by atoms with Crippen molar-refractivity contribution in [3.8, 4) is 0 Å². The SMILES string of the molecule is CC(C)CC1(CNCc2ccc(C(C)C)cc2)CCCC1. The van der Waals surface area contributed by atoms with Gasteiger partial charge in [0.25, 0.3) is 0 Å². The molecule has 0 radical (unpaired) electrons. The van der Waals surface area contributed by atoms with Crippen LogP contribution in [0.4, 0.5) is 0 Å². The molecule has 2 rings (SSSR count). The van der Waals surface area contributed by atoms with E-state index in [1.165, 1.54) is 49.8 Å². The molecule has 1 saturated carbocycles. The van der Waals surface area contributed by atoms with Gasteiger partial charge in [0.2, 0.25) is 0 Å². The summed E-state index contributed by atoms with van der Waals surface area (Å²) in [5.41, 5.74) is 3.43. The molecule has 1 fully saturated rings. The van der Waals surface area contributed by atoms with Gasteiger partial charge in [0.05, 0.1) is 0 Å². The van der Waals surface area contributed by atoms with Gasteiger partial charge in [0.15, 0.2) is 0 Å².